The van der Waals surface area contributed by atoms with Crippen LogP contribution in [0.2, 0.25) is 0 Å². The number of hydrogen-bond donors (Lipinski definition) is 0. The second kappa shape index (κ2) is 5.87. The number of amides is 1. The maximum atomic E-state index is 12.5. The summed E-state index contributed by atoms with van der Waals surface area (Å²) in [6.45, 7) is 6.79. The van der Waals surface area contributed by atoms with Gasteiger partial charge in [0.25, 0.3) is 0 Å². The first kappa shape index (κ1) is 13.6. The van der Waals surface area contributed by atoms with Crippen LogP contribution in [-0.4, -0.2) is 12.5 Å². The summed E-state index contributed by atoms with van der Waals surface area (Å²) in [5.74, 6) is 0.278. The van der Waals surface area contributed by atoms with E-state index in [-0.39, 0.29) is 11.8 Å². The van der Waals surface area contributed by atoms with Crippen LogP contribution in [0.4, 0.5) is 5.69 Å². The fraction of sp³-hybridized carbons (Fsp3) is 0.353. The van der Waals surface area contributed by atoms with E-state index in [1.807, 2.05) is 43.0 Å². The van der Waals surface area contributed by atoms with E-state index in [9.17, 15) is 4.79 Å². The van der Waals surface area contributed by atoms with E-state index in [1.165, 1.54) is 5.39 Å². The first-order valence-corrected chi connectivity index (χ1v) is 6.98. The molecule has 0 saturated carbocycles. The predicted molar refractivity (Wildman–Crippen MR) is 81.4 cm³/mol. The van der Waals surface area contributed by atoms with Gasteiger partial charge in [-0.25, -0.2) is 0 Å². The average Bonchev–Trinajstić information content (AvgIpc) is 2.47. The minimum absolute atomic E-state index is 0.0684. The lowest BCUT2D eigenvalue weighted by Gasteiger charge is -2.25. The fourth-order valence-corrected chi connectivity index (χ4v) is 2.33. The summed E-state index contributed by atoms with van der Waals surface area (Å²) in [7, 11) is 0. The van der Waals surface area contributed by atoms with Gasteiger partial charge in [-0.1, -0.05) is 50.2 Å². The molecule has 0 spiro atoms. The number of benzene rings is 2. The van der Waals surface area contributed by atoms with E-state index in [0.717, 1.165) is 17.5 Å². The molecule has 19 heavy (non-hydrogen) atoms. The molecule has 1 unspecified atom stereocenters. The minimum Gasteiger partial charge on any atom is -0.312 e. The van der Waals surface area contributed by atoms with Gasteiger partial charge in [0.1, 0.15) is 0 Å². The van der Waals surface area contributed by atoms with Crippen molar-refractivity contribution in [3.8, 4) is 0 Å². The maximum absolute atomic E-state index is 12.5. The highest BCUT2D eigenvalue weighted by Crippen LogP contribution is 2.27. The summed E-state index contributed by atoms with van der Waals surface area (Å²) < 4.78 is 0. The Kier molecular flexibility index (Phi) is 4.20. The zero-order chi connectivity index (χ0) is 13.8. The van der Waals surface area contributed by atoms with Gasteiger partial charge in [-0.15, -0.1) is 0 Å². The zero-order valence-corrected chi connectivity index (χ0v) is 11.9. The van der Waals surface area contributed by atoms with Crippen molar-refractivity contribution in [1.29, 1.82) is 0 Å². The third-order valence-electron chi connectivity index (χ3n) is 3.67. The molecule has 0 radical (unpaired) electrons. The number of hydrogen-bond acceptors (Lipinski definition) is 1. The molecule has 0 aliphatic heterocycles. The first-order chi connectivity index (χ1) is 9.19. The molecule has 2 aromatic carbocycles. The Bertz CT molecular complexity index is 571. The average molecular weight is 255 g/mol. The molecule has 0 heterocycles. The molecule has 0 aliphatic carbocycles. The molecule has 1 amide bonds. The van der Waals surface area contributed by atoms with Crippen LogP contribution in [0, 0.1) is 5.92 Å². The Balaban J connectivity index is 2.49. The number of carbonyl (C=O) groups is 1. The van der Waals surface area contributed by atoms with Gasteiger partial charge in [0, 0.05) is 17.8 Å². The maximum Gasteiger partial charge on any atom is 0.229 e. The molecule has 2 heteroatoms. The highest BCUT2D eigenvalue weighted by Gasteiger charge is 2.20. The molecular formula is C17H21NO. The second-order valence-corrected chi connectivity index (χ2v) is 4.89. The van der Waals surface area contributed by atoms with Crippen molar-refractivity contribution in [2.75, 3.05) is 11.4 Å². The smallest absolute Gasteiger partial charge is 0.229 e. The molecule has 0 aliphatic rings. The van der Waals surface area contributed by atoms with E-state index in [2.05, 4.69) is 25.1 Å². The van der Waals surface area contributed by atoms with E-state index in [4.69, 9.17) is 0 Å². The van der Waals surface area contributed by atoms with Crippen molar-refractivity contribution < 1.29 is 4.79 Å². The van der Waals surface area contributed by atoms with Crippen LogP contribution >= 0.6 is 0 Å². The van der Waals surface area contributed by atoms with Crippen LogP contribution in [0.5, 0.6) is 0 Å². The monoisotopic (exact) mass is 255 g/mol. The Labute approximate surface area is 115 Å². The molecule has 100 valence electrons. The zero-order valence-electron chi connectivity index (χ0n) is 11.9. The standard InChI is InChI=1S/C17H21NO/c1-4-13(3)17(19)18(5-2)16-12-8-10-14-9-6-7-11-15(14)16/h6-13H,4-5H2,1-3H3. The van der Waals surface area contributed by atoms with Gasteiger partial charge in [-0.2, -0.15) is 0 Å². The lowest BCUT2D eigenvalue weighted by Crippen LogP contribution is -2.35. The largest absolute Gasteiger partial charge is 0.312 e. The number of anilines is 1. The summed E-state index contributed by atoms with van der Waals surface area (Å²) in [5.41, 5.74) is 1.02. The third-order valence-corrected chi connectivity index (χ3v) is 3.67. The lowest BCUT2D eigenvalue weighted by molar-refractivity contribution is -0.121. The summed E-state index contributed by atoms with van der Waals surface area (Å²) in [6.07, 6.45) is 0.875. The van der Waals surface area contributed by atoms with Gasteiger partial charge >= 0.3 is 0 Å². The quantitative estimate of drug-likeness (QED) is 0.800. The number of carbonyl (C=O) groups excluding carboxylic acids is 1. The van der Waals surface area contributed by atoms with Crippen LogP contribution in [0.25, 0.3) is 10.8 Å². The number of rotatable bonds is 4. The Morgan fingerprint density at radius 3 is 2.47 bits per heavy atom. The minimum atomic E-state index is 0.0684. The third kappa shape index (κ3) is 2.62. The fourth-order valence-electron chi connectivity index (χ4n) is 2.33. The lowest BCUT2D eigenvalue weighted by atomic mass is 10.0. The molecule has 0 N–H and O–H groups in total. The van der Waals surface area contributed by atoms with Gasteiger partial charge in [0.05, 0.1) is 5.69 Å². The van der Waals surface area contributed by atoms with Crippen LogP contribution in [-0.2, 0) is 4.79 Å². The molecule has 0 aromatic heterocycles. The second-order valence-electron chi connectivity index (χ2n) is 4.89. The SMILES string of the molecule is CCC(C)C(=O)N(CC)c1cccc2ccccc12. The summed E-state index contributed by atoms with van der Waals surface area (Å²) in [6, 6.07) is 14.3. The van der Waals surface area contributed by atoms with Crippen LogP contribution in [0.3, 0.4) is 0 Å². The van der Waals surface area contributed by atoms with Crippen molar-refractivity contribution in [2.24, 2.45) is 5.92 Å². The van der Waals surface area contributed by atoms with E-state index < -0.39 is 0 Å². The molecule has 0 saturated heterocycles. The highest BCUT2D eigenvalue weighted by molar-refractivity contribution is 6.04. The van der Waals surface area contributed by atoms with Gasteiger partial charge in [0.2, 0.25) is 5.91 Å². The van der Waals surface area contributed by atoms with Crippen LogP contribution in [0.15, 0.2) is 42.5 Å². The summed E-state index contributed by atoms with van der Waals surface area (Å²) in [4.78, 5) is 14.4. The van der Waals surface area contributed by atoms with Crippen LogP contribution in [0.1, 0.15) is 27.2 Å². The van der Waals surface area contributed by atoms with Gasteiger partial charge < -0.3 is 4.90 Å². The molecule has 2 aromatic rings. The normalized spacial score (nSPS) is 12.4. The highest BCUT2D eigenvalue weighted by atomic mass is 16.2. The Morgan fingerprint density at radius 1 is 1.11 bits per heavy atom. The Hall–Kier alpha value is -1.83. The molecule has 0 bridgehead atoms. The van der Waals surface area contributed by atoms with Gasteiger partial charge in [-0.3, -0.25) is 4.79 Å². The molecule has 2 nitrogen and oxygen atoms in total. The van der Waals surface area contributed by atoms with Crippen molar-refractivity contribution >= 4 is 22.4 Å². The van der Waals surface area contributed by atoms with Gasteiger partial charge in [0.15, 0.2) is 0 Å². The molecular weight excluding hydrogens is 234 g/mol. The Morgan fingerprint density at radius 2 is 1.79 bits per heavy atom. The van der Waals surface area contributed by atoms with E-state index in [0.29, 0.717) is 6.54 Å². The summed E-state index contributed by atoms with van der Waals surface area (Å²) in [5, 5.41) is 2.32. The molecule has 2 rings (SSSR count). The molecule has 0 fully saturated rings. The first-order valence-electron chi connectivity index (χ1n) is 6.98. The van der Waals surface area contributed by atoms with Crippen molar-refractivity contribution in [1.82, 2.24) is 0 Å². The summed E-state index contributed by atoms with van der Waals surface area (Å²) >= 11 is 0. The van der Waals surface area contributed by atoms with Crippen LogP contribution < -0.4 is 4.90 Å². The van der Waals surface area contributed by atoms with Crippen molar-refractivity contribution in [3.63, 3.8) is 0 Å². The van der Waals surface area contributed by atoms with E-state index in [1.54, 1.807) is 0 Å². The predicted octanol–water partition coefficient (Wildman–Crippen LogP) is 4.24. The van der Waals surface area contributed by atoms with Gasteiger partial charge in [-0.05, 0) is 24.8 Å². The molecule has 1 atom stereocenters. The topological polar surface area (TPSA) is 20.3 Å². The number of fused-ring (bicyclic) bond motifs is 1. The van der Waals surface area contributed by atoms with E-state index >= 15 is 0 Å². The van der Waals surface area contributed by atoms with Crippen molar-refractivity contribution in [2.45, 2.75) is 27.2 Å². The number of nitrogens with zero attached hydrogens (tertiary/aromatic N) is 1. The van der Waals surface area contributed by atoms with Crippen molar-refractivity contribution in [3.05, 3.63) is 42.5 Å².